The second-order valence-electron chi connectivity index (χ2n) is 4.05. The average molecular weight is 253 g/mol. The molecule has 0 fully saturated rings. The molecule has 1 rings (SSSR count). The Hall–Kier alpha value is -1.16. The molecule has 3 nitrogen and oxygen atoms in total. The molecule has 1 aromatic rings. The van der Waals surface area contributed by atoms with Crippen molar-refractivity contribution in [3.8, 4) is 0 Å². The van der Waals surface area contributed by atoms with Gasteiger partial charge in [0.25, 0.3) is 0 Å². The minimum atomic E-state index is -0.772. The van der Waals surface area contributed by atoms with Gasteiger partial charge in [-0.05, 0) is 31.0 Å². The number of anilines is 1. The molecule has 1 N–H and O–H groups in total. The summed E-state index contributed by atoms with van der Waals surface area (Å²) in [5.74, 6) is -0.772. The van der Waals surface area contributed by atoms with Gasteiger partial charge in [0.05, 0.1) is 0 Å². The molecule has 0 saturated heterocycles. The maximum Gasteiger partial charge on any atom is 0.303 e. The third kappa shape index (κ3) is 4.30. The third-order valence-corrected chi connectivity index (χ3v) is 3.38. The van der Waals surface area contributed by atoms with Crippen LogP contribution in [0.5, 0.6) is 0 Å². The molecule has 0 heterocycles. The van der Waals surface area contributed by atoms with Gasteiger partial charge in [-0.25, -0.2) is 0 Å². The Bertz CT molecular complexity index is 364. The van der Waals surface area contributed by atoms with Crippen LogP contribution in [0.25, 0.3) is 0 Å². The quantitative estimate of drug-likeness (QED) is 0.766. The Morgan fingerprint density at radius 2 is 2.00 bits per heavy atom. The SMILES string of the molecule is CCN(C)c1ccc(C(S)CCC(=O)O)cc1. The van der Waals surface area contributed by atoms with E-state index in [1.807, 2.05) is 31.3 Å². The minimum absolute atomic E-state index is 0.00733. The van der Waals surface area contributed by atoms with E-state index in [1.54, 1.807) is 0 Å². The average Bonchev–Trinajstić information content (AvgIpc) is 2.35. The van der Waals surface area contributed by atoms with Gasteiger partial charge in [-0.15, -0.1) is 0 Å². The highest BCUT2D eigenvalue weighted by atomic mass is 32.1. The summed E-state index contributed by atoms with van der Waals surface area (Å²) in [6.45, 7) is 3.06. The zero-order valence-corrected chi connectivity index (χ0v) is 11.2. The monoisotopic (exact) mass is 253 g/mol. The molecule has 4 heteroatoms. The molecule has 1 unspecified atom stereocenters. The molecule has 0 spiro atoms. The molecular weight excluding hydrogens is 234 g/mol. The summed E-state index contributed by atoms with van der Waals surface area (Å²) in [7, 11) is 2.04. The molecule has 0 radical (unpaired) electrons. The lowest BCUT2D eigenvalue weighted by molar-refractivity contribution is -0.137. The molecule has 0 aliphatic carbocycles. The van der Waals surface area contributed by atoms with E-state index in [0.29, 0.717) is 6.42 Å². The van der Waals surface area contributed by atoms with E-state index in [2.05, 4.69) is 24.5 Å². The number of carboxylic acid groups (broad SMARTS) is 1. The normalized spacial score (nSPS) is 12.2. The van der Waals surface area contributed by atoms with Crippen molar-refractivity contribution >= 4 is 24.3 Å². The summed E-state index contributed by atoms with van der Waals surface area (Å²) in [4.78, 5) is 12.6. The van der Waals surface area contributed by atoms with Crippen molar-refractivity contribution in [1.82, 2.24) is 0 Å². The Kier molecular flexibility index (Phi) is 5.35. The van der Waals surface area contributed by atoms with Crippen molar-refractivity contribution in [2.45, 2.75) is 25.0 Å². The molecular formula is C13H19NO2S. The van der Waals surface area contributed by atoms with Gasteiger partial charge in [0.1, 0.15) is 0 Å². The fraction of sp³-hybridized carbons (Fsp3) is 0.462. The molecule has 0 aromatic heterocycles. The van der Waals surface area contributed by atoms with Gasteiger partial charge in [-0.3, -0.25) is 4.79 Å². The number of aliphatic carboxylic acids is 1. The first-order valence-corrected chi connectivity index (χ1v) is 6.27. The minimum Gasteiger partial charge on any atom is -0.481 e. The lowest BCUT2D eigenvalue weighted by Gasteiger charge is -2.18. The predicted molar refractivity (Wildman–Crippen MR) is 74.0 cm³/mol. The highest BCUT2D eigenvalue weighted by Gasteiger charge is 2.09. The number of nitrogens with zero attached hydrogens (tertiary/aromatic N) is 1. The Balaban J connectivity index is 2.63. The highest BCUT2D eigenvalue weighted by Crippen LogP contribution is 2.26. The van der Waals surface area contributed by atoms with Gasteiger partial charge in [0, 0.05) is 31.0 Å². The van der Waals surface area contributed by atoms with Crippen LogP contribution in [0, 0.1) is 0 Å². The molecule has 1 aromatic carbocycles. The zero-order chi connectivity index (χ0) is 12.8. The van der Waals surface area contributed by atoms with Crippen LogP contribution in [0.4, 0.5) is 5.69 Å². The van der Waals surface area contributed by atoms with Crippen LogP contribution >= 0.6 is 12.6 Å². The molecule has 0 saturated carbocycles. The van der Waals surface area contributed by atoms with Gasteiger partial charge in [-0.1, -0.05) is 12.1 Å². The fourth-order valence-electron chi connectivity index (χ4n) is 1.56. The van der Waals surface area contributed by atoms with E-state index in [1.165, 1.54) is 0 Å². The number of carbonyl (C=O) groups is 1. The van der Waals surface area contributed by atoms with Crippen LogP contribution in [0.1, 0.15) is 30.6 Å². The number of benzene rings is 1. The summed E-state index contributed by atoms with van der Waals surface area (Å²) in [6, 6.07) is 8.12. The van der Waals surface area contributed by atoms with Crippen LogP contribution < -0.4 is 4.90 Å². The summed E-state index contributed by atoms with van der Waals surface area (Å²) in [5.41, 5.74) is 2.23. The van der Waals surface area contributed by atoms with Crippen LogP contribution in [-0.4, -0.2) is 24.7 Å². The van der Waals surface area contributed by atoms with Gasteiger partial charge in [-0.2, -0.15) is 12.6 Å². The van der Waals surface area contributed by atoms with Crippen molar-refractivity contribution < 1.29 is 9.90 Å². The Morgan fingerprint density at radius 1 is 1.41 bits per heavy atom. The zero-order valence-electron chi connectivity index (χ0n) is 10.3. The first-order valence-electron chi connectivity index (χ1n) is 5.75. The topological polar surface area (TPSA) is 40.5 Å². The first kappa shape index (κ1) is 13.9. The summed E-state index contributed by atoms with van der Waals surface area (Å²) in [5, 5.41) is 8.61. The van der Waals surface area contributed by atoms with E-state index in [9.17, 15) is 4.79 Å². The summed E-state index contributed by atoms with van der Waals surface area (Å²) >= 11 is 4.43. The molecule has 0 aliphatic heterocycles. The van der Waals surface area contributed by atoms with Crippen LogP contribution in [0.15, 0.2) is 24.3 Å². The number of carboxylic acids is 1. The summed E-state index contributed by atoms with van der Waals surface area (Å²) < 4.78 is 0. The molecule has 0 aliphatic rings. The molecule has 17 heavy (non-hydrogen) atoms. The maximum atomic E-state index is 10.5. The van der Waals surface area contributed by atoms with E-state index >= 15 is 0 Å². The predicted octanol–water partition coefficient (Wildman–Crippen LogP) is 2.98. The van der Waals surface area contributed by atoms with Crippen molar-refractivity contribution in [2.24, 2.45) is 0 Å². The van der Waals surface area contributed by atoms with Crippen molar-refractivity contribution in [1.29, 1.82) is 0 Å². The largest absolute Gasteiger partial charge is 0.481 e. The van der Waals surface area contributed by atoms with E-state index < -0.39 is 5.97 Å². The van der Waals surface area contributed by atoms with Crippen LogP contribution in [-0.2, 0) is 4.79 Å². The van der Waals surface area contributed by atoms with Gasteiger partial charge >= 0.3 is 5.97 Å². The van der Waals surface area contributed by atoms with Crippen molar-refractivity contribution in [3.05, 3.63) is 29.8 Å². The van der Waals surface area contributed by atoms with E-state index in [-0.39, 0.29) is 11.7 Å². The molecule has 94 valence electrons. The van der Waals surface area contributed by atoms with Crippen LogP contribution in [0.2, 0.25) is 0 Å². The lowest BCUT2D eigenvalue weighted by Crippen LogP contribution is -2.15. The number of hydrogen-bond donors (Lipinski definition) is 2. The van der Waals surface area contributed by atoms with Gasteiger partial charge in [0.15, 0.2) is 0 Å². The standard InChI is InChI=1S/C13H19NO2S/c1-3-14(2)11-6-4-10(5-7-11)12(17)8-9-13(15)16/h4-7,12,17H,3,8-9H2,1-2H3,(H,15,16). The number of thiol groups is 1. The van der Waals surface area contributed by atoms with E-state index in [4.69, 9.17) is 5.11 Å². The van der Waals surface area contributed by atoms with Crippen LogP contribution in [0.3, 0.4) is 0 Å². The second kappa shape index (κ2) is 6.55. The second-order valence-corrected chi connectivity index (χ2v) is 4.68. The van der Waals surface area contributed by atoms with Gasteiger partial charge in [0.2, 0.25) is 0 Å². The Labute approximate surface area is 108 Å². The smallest absolute Gasteiger partial charge is 0.303 e. The molecule has 1 atom stereocenters. The van der Waals surface area contributed by atoms with Crippen molar-refractivity contribution in [2.75, 3.05) is 18.5 Å². The highest BCUT2D eigenvalue weighted by molar-refractivity contribution is 7.80. The Morgan fingerprint density at radius 3 is 2.47 bits per heavy atom. The fourth-order valence-corrected chi connectivity index (χ4v) is 1.86. The lowest BCUT2D eigenvalue weighted by atomic mass is 10.1. The number of rotatable bonds is 6. The molecule has 0 bridgehead atoms. The summed E-state index contributed by atoms with van der Waals surface area (Å²) in [6.07, 6.45) is 0.714. The first-order chi connectivity index (χ1) is 8.04. The number of hydrogen-bond acceptors (Lipinski definition) is 3. The molecule has 0 amide bonds. The maximum absolute atomic E-state index is 10.5. The van der Waals surface area contributed by atoms with Crippen molar-refractivity contribution in [3.63, 3.8) is 0 Å². The van der Waals surface area contributed by atoms with E-state index in [0.717, 1.165) is 17.8 Å². The third-order valence-electron chi connectivity index (χ3n) is 2.82. The van der Waals surface area contributed by atoms with Gasteiger partial charge < -0.3 is 10.0 Å².